The molecule has 0 amide bonds. The monoisotopic (exact) mass is 258 g/mol. The van der Waals surface area contributed by atoms with Gasteiger partial charge in [0.05, 0.1) is 5.52 Å². The molecule has 0 fully saturated rings. The van der Waals surface area contributed by atoms with Crippen LogP contribution in [0.4, 0.5) is 0 Å². The van der Waals surface area contributed by atoms with Gasteiger partial charge in [0.25, 0.3) is 0 Å². The number of hydrogen-bond acceptors (Lipinski definition) is 2. The van der Waals surface area contributed by atoms with E-state index in [4.69, 9.17) is 11.6 Å². The topological polar surface area (TPSA) is 37.5 Å². The maximum Gasteiger partial charge on any atom is 0.155 e. The molecule has 3 aromatic rings. The molecule has 4 heteroatoms. The first-order valence-corrected chi connectivity index (χ1v) is 5.97. The van der Waals surface area contributed by atoms with Crippen molar-refractivity contribution in [2.24, 2.45) is 0 Å². The minimum absolute atomic E-state index is 0.238. The van der Waals surface area contributed by atoms with E-state index in [2.05, 4.69) is 4.98 Å². The first kappa shape index (κ1) is 11.1. The van der Waals surface area contributed by atoms with Gasteiger partial charge in [-0.2, -0.15) is 0 Å². The van der Waals surface area contributed by atoms with Crippen molar-refractivity contribution in [2.75, 3.05) is 0 Å². The molecule has 0 unspecified atom stereocenters. The average Bonchev–Trinajstić information content (AvgIpc) is 2.69. The standard InChI is InChI=1S/C14H11ClN2O/c1-9-3-2-8-17-12(9)13(15)16-14(17)10-4-6-11(18)7-5-10/h2-8,18H,1H3. The lowest BCUT2D eigenvalue weighted by Crippen LogP contribution is -1.89. The van der Waals surface area contributed by atoms with Crippen LogP contribution in [0.1, 0.15) is 5.56 Å². The summed E-state index contributed by atoms with van der Waals surface area (Å²) < 4.78 is 1.96. The van der Waals surface area contributed by atoms with Gasteiger partial charge in [0, 0.05) is 11.8 Å². The number of aromatic hydroxyl groups is 1. The summed E-state index contributed by atoms with van der Waals surface area (Å²) in [5, 5.41) is 9.81. The summed E-state index contributed by atoms with van der Waals surface area (Å²) in [6, 6.07) is 10.9. The largest absolute Gasteiger partial charge is 0.508 e. The van der Waals surface area contributed by atoms with Gasteiger partial charge in [-0.3, -0.25) is 4.40 Å². The van der Waals surface area contributed by atoms with Crippen LogP contribution in [0.5, 0.6) is 5.75 Å². The summed E-state index contributed by atoms with van der Waals surface area (Å²) in [5.41, 5.74) is 2.92. The molecule has 1 N–H and O–H groups in total. The SMILES string of the molecule is Cc1cccn2c(-c3ccc(O)cc3)nc(Cl)c12. The molecule has 3 nitrogen and oxygen atoms in total. The van der Waals surface area contributed by atoms with Crippen LogP contribution in [0.2, 0.25) is 5.15 Å². The van der Waals surface area contributed by atoms with Gasteiger partial charge in [-0.15, -0.1) is 0 Å². The highest BCUT2D eigenvalue weighted by Crippen LogP contribution is 2.28. The Balaban J connectivity index is 2.30. The van der Waals surface area contributed by atoms with Crippen LogP contribution in [-0.4, -0.2) is 14.5 Å². The van der Waals surface area contributed by atoms with E-state index >= 15 is 0 Å². The van der Waals surface area contributed by atoms with Crippen LogP contribution in [0.15, 0.2) is 42.6 Å². The van der Waals surface area contributed by atoms with Gasteiger partial charge < -0.3 is 5.11 Å². The number of aryl methyl sites for hydroxylation is 1. The Morgan fingerprint density at radius 2 is 1.89 bits per heavy atom. The number of hydrogen-bond donors (Lipinski definition) is 1. The van der Waals surface area contributed by atoms with E-state index in [1.807, 2.05) is 41.8 Å². The summed E-state index contributed by atoms with van der Waals surface area (Å²) in [4.78, 5) is 4.40. The van der Waals surface area contributed by atoms with Gasteiger partial charge in [-0.25, -0.2) is 4.98 Å². The van der Waals surface area contributed by atoms with Crippen LogP contribution in [-0.2, 0) is 0 Å². The highest BCUT2D eigenvalue weighted by atomic mass is 35.5. The molecular weight excluding hydrogens is 248 g/mol. The maximum atomic E-state index is 9.31. The summed E-state index contributed by atoms with van der Waals surface area (Å²) in [5.74, 6) is 1.01. The molecule has 90 valence electrons. The number of nitrogens with zero attached hydrogens (tertiary/aromatic N) is 2. The van der Waals surface area contributed by atoms with E-state index in [0.29, 0.717) is 5.15 Å². The Labute approximate surface area is 109 Å². The fourth-order valence-electron chi connectivity index (χ4n) is 2.07. The maximum absolute atomic E-state index is 9.31. The molecular formula is C14H11ClN2O. The zero-order valence-electron chi connectivity index (χ0n) is 9.76. The predicted octanol–water partition coefficient (Wildman–Crippen LogP) is 3.67. The normalized spacial score (nSPS) is 11.0. The quantitative estimate of drug-likeness (QED) is 0.723. The third-order valence-electron chi connectivity index (χ3n) is 2.95. The van der Waals surface area contributed by atoms with Crippen molar-refractivity contribution >= 4 is 17.1 Å². The lowest BCUT2D eigenvalue weighted by atomic mass is 10.2. The molecule has 0 atom stereocenters. The van der Waals surface area contributed by atoms with Gasteiger partial charge >= 0.3 is 0 Å². The van der Waals surface area contributed by atoms with Crippen molar-refractivity contribution in [3.8, 4) is 17.1 Å². The zero-order chi connectivity index (χ0) is 12.7. The summed E-state index contributed by atoms with van der Waals surface area (Å²) in [7, 11) is 0. The third kappa shape index (κ3) is 1.64. The van der Waals surface area contributed by atoms with Gasteiger partial charge in [0.15, 0.2) is 5.15 Å². The molecule has 0 aliphatic carbocycles. The second-order valence-corrected chi connectivity index (χ2v) is 4.54. The number of halogens is 1. The van der Waals surface area contributed by atoms with Crippen molar-refractivity contribution in [1.29, 1.82) is 0 Å². The molecule has 0 saturated carbocycles. The number of phenolic OH excluding ortho intramolecular Hbond substituents is 1. The number of pyridine rings is 1. The highest BCUT2D eigenvalue weighted by Gasteiger charge is 2.12. The second-order valence-electron chi connectivity index (χ2n) is 4.18. The van der Waals surface area contributed by atoms with Crippen LogP contribution >= 0.6 is 11.6 Å². The Bertz CT molecular complexity index is 716. The molecule has 2 heterocycles. The minimum Gasteiger partial charge on any atom is -0.508 e. The average molecular weight is 259 g/mol. The molecule has 18 heavy (non-hydrogen) atoms. The molecule has 0 saturated heterocycles. The van der Waals surface area contributed by atoms with Crippen LogP contribution in [0.3, 0.4) is 0 Å². The van der Waals surface area contributed by atoms with Crippen molar-refractivity contribution in [3.63, 3.8) is 0 Å². The number of benzene rings is 1. The van der Waals surface area contributed by atoms with Crippen LogP contribution in [0.25, 0.3) is 16.9 Å². The van der Waals surface area contributed by atoms with Crippen molar-refractivity contribution < 1.29 is 5.11 Å². The van der Waals surface area contributed by atoms with Gasteiger partial charge in [-0.1, -0.05) is 17.7 Å². The molecule has 0 spiro atoms. The summed E-state index contributed by atoms with van der Waals surface area (Å²) >= 11 is 6.18. The summed E-state index contributed by atoms with van der Waals surface area (Å²) in [6.07, 6.45) is 1.93. The van der Waals surface area contributed by atoms with E-state index in [1.165, 1.54) is 0 Å². The number of phenols is 1. The number of aromatic nitrogens is 2. The van der Waals surface area contributed by atoms with E-state index in [9.17, 15) is 5.11 Å². The molecule has 0 radical (unpaired) electrons. The van der Waals surface area contributed by atoms with Crippen molar-refractivity contribution in [1.82, 2.24) is 9.38 Å². The van der Waals surface area contributed by atoms with Gasteiger partial charge in [0.1, 0.15) is 11.6 Å². The van der Waals surface area contributed by atoms with Crippen molar-refractivity contribution in [2.45, 2.75) is 6.92 Å². The van der Waals surface area contributed by atoms with Gasteiger partial charge in [0.2, 0.25) is 0 Å². The number of imidazole rings is 1. The molecule has 0 aliphatic rings. The summed E-state index contributed by atoms with van der Waals surface area (Å²) in [6.45, 7) is 2.00. The lowest BCUT2D eigenvalue weighted by molar-refractivity contribution is 0.475. The van der Waals surface area contributed by atoms with Crippen molar-refractivity contribution in [3.05, 3.63) is 53.3 Å². The first-order valence-electron chi connectivity index (χ1n) is 5.59. The predicted molar refractivity (Wildman–Crippen MR) is 72.0 cm³/mol. The Hall–Kier alpha value is -2.00. The highest BCUT2D eigenvalue weighted by molar-refractivity contribution is 6.33. The fourth-order valence-corrected chi connectivity index (χ4v) is 2.39. The molecule has 1 aromatic carbocycles. The second kappa shape index (κ2) is 4.03. The van der Waals surface area contributed by atoms with Gasteiger partial charge in [-0.05, 0) is 42.8 Å². The minimum atomic E-state index is 0.238. The first-order chi connectivity index (χ1) is 8.66. The lowest BCUT2D eigenvalue weighted by Gasteiger charge is -2.02. The molecule has 3 rings (SSSR count). The number of fused-ring (bicyclic) bond motifs is 1. The van der Waals surface area contributed by atoms with E-state index < -0.39 is 0 Å². The Morgan fingerprint density at radius 1 is 1.17 bits per heavy atom. The van der Waals surface area contributed by atoms with E-state index in [0.717, 1.165) is 22.5 Å². The smallest absolute Gasteiger partial charge is 0.155 e. The number of rotatable bonds is 1. The Morgan fingerprint density at radius 3 is 2.61 bits per heavy atom. The van der Waals surface area contributed by atoms with Crippen LogP contribution in [0, 0.1) is 6.92 Å². The molecule has 0 aliphatic heterocycles. The Kier molecular flexibility index (Phi) is 2.49. The molecule has 2 aromatic heterocycles. The third-order valence-corrected chi connectivity index (χ3v) is 3.21. The van der Waals surface area contributed by atoms with E-state index in [-0.39, 0.29) is 5.75 Å². The van der Waals surface area contributed by atoms with Crippen LogP contribution < -0.4 is 0 Å². The fraction of sp³-hybridized carbons (Fsp3) is 0.0714. The zero-order valence-corrected chi connectivity index (χ0v) is 10.5. The molecule has 0 bridgehead atoms. The van der Waals surface area contributed by atoms with E-state index in [1.54, 1.807) is 12.1 Å².